The van der Waals surface area contributed by atoms with Crippen molar-refractivity contribution < 1.29 is 18.0 Å². The van der Waals surface area contributed by atoms with Crippen molar-refractivity contribution in [1.82, 2.24) is 8.96 Å². The van der Waals surface area contributed by atoms with Crippen molar-refractivity contribution in [2.24, 2.45) is 5.16 Å². The molecule has 0 spiro atoms. The summed E-state index contributed by atoms with van der Waals surface area (Å²) in [6, 6.07) is 10.3. The number of hydrogen-bond acceptors (Lipinski definition) is 5. The Labute approximate surface area is 137 Å². The summed E-state index contributed by atoms with van der Waals surface area (Å²) >= 11 is 0. The summed E-state index contributed by atoms with van der Waals surface area (Å²) in [5, 5.41) is 11.4. The van der Waals surface area contributed by atoms with E-state index in [-0.39, 0.29) is 21.7 Å². The van der Waals surface area contributed by atoms with Crippen LogP contribution in [0.1, 0.15) is 5.56 Å². The van der Waals surface area contributed by atoms with Crippen LogP contribution in [0.4, 0.5) is 4.39 Å². The highest BCUT2D eigenvalue weighted by atomic mass is 32.2. The smallest absolute Gasteiger partial charge is 0.269 e. The second kappa shape index (κ2) is 6.25. The lowest BCUT2D eigenvalue weighted by molar-refractivity contribution is 0.321. The van der Waals surface area contributed by atoms with Crippen LogP contribution in [0.5, 0.6) is 0 Å². The van der Waals surface area contributed by atoms with Crippen LogP contribution in [-0.2, 0) is 10.0 Å². The summed E-state index contributed by atoms with van der Waals surface area (Å²) < 4.78 is 41.0. The first kappa shape index (κ1) is 15.9. The summed E-state index contributed by atoms with van der Waals surface area (Å²) in [4.78, 5) is 3.80. The minimum absolute atomic E-state index is 0.00377. The zero-order valence-electron chi connectivity index (χ0n) is 12.2. The molecule has 1 N–H and O–H groups in total. The molecule has 8 heteroatoms. The van der Waals surface area contributed by atoms with Gasteiger partial charge in [-0.2, -0.15) is 0 Å². The molecule has 3 aromatic rings. The van der Waals surface area contributed by atoms with Crippen LogP contribution < -0.4 is 0 Å². The molecule has 6 nitrogen and oxygen atoms in total. The summed E-state index contributed by atoms with van der Waals surface area (Å²) in [6.45, 7) is 0. The quantitative estimate of drug-likeness (QED) is 0.448. The Morgan fingerprint density at radius 1 is 1.17 bits per heavy atom. The van der Waals surface area contributed by atoms with Crippen molar-refractivity contribution >= 4 is 16.2 Å². The molecule has 0 aliphatic rings. The van der Waals surface area contributed by atoms with Crippen molar-refractivity contribution in [3.05, 3.63) is 72.4 Å². The number of benzene rings is 1. The zero-order chi connectivity index (χ0) is 17.2. The van der Waals surface area contributed by atoms with Gasteiger partial charge in [0.1, 0.15) is 10.7 Å². The van der Waals surface area contributed by atoms with Gasteiger partial charge in [0.05, 0.1) is 11.9 Å². The Balaban J connectivity index is 2.18. The Bertz CT molecular complexity index is 998. The van der Waals surface area contributed by atoms with Gasteiger partial charge in [-0.3, -0.25) is 4.98 Å². The van der Waals surface area contributed by atoms with Crippen LogP contribution in [-0.4, -0.2) is 28.8 Å². The number of rotatable bonds is 4. The normalized spacial score (nSPS) is 11.9. The summed E-state index contributed by atoms with van der Waals surface area (Å²) in [7, 11) is -3.91. The van der Waals surface area contributed by atoms with Gasteiger partial charge in [0, 0.05) is 29.7 Å². The van der Waals surface area contributed by atoms with Gasteiger partial charge in [-0.1, -0.05) is 17.3 Å². The zero-order valence-corrected chi connectivity index (χ0v) is 13.1. The molecule has 0 radical (unpaired) electrons. The van der Waals surface area contributed by atoms with Crippen LogP contribution in [0.25, 0.3) is 11.3 Å². The van der Waals surface area contributed by atoms with Crippen molar-refractivity contribution in [2.75, 3.05) is 0 Å². The van der Waals surface area contributed by atoms with E-state index in [1.54, 1.807) is 6.07 Å². The summed E-state index contributed by atoms with van der Waals surface area (Å²) in [5.41, 5.74) is 0.274. The molecule has 0 aliphatic carbocycles. The predicted octanol–water partition coefficient (Wildman–Crippen LogP) is 2.73. The highest BCUT2D eigenvalue weighted by molar-refractivity contribution is 7.90. The van der Waals surface area contributed by atoms with E-state index in [9.17, 15) is 12.8 Å². The monoisotopic (exact) mass is 345 g/mol. The highest BCUT2D eigenvalue weighted by Crippen LogP contribution is 2.28. The minimum atomic E-state index is -3.91. The largest absolute Gasteiger partial charge is 0.411 e. The van der Waals surface area contributed by atoms with Crippen molar-refractivity contribution in [1.29, 1.82) is 0 Å². The number of nitrogens with zero attached hydrogens (tertiary/aromatic N) is 3. The van der Waals surface area contributed by atoms with E-state index in [1.165, 1.54) is 55.0 Å². The predicted molar refractivity (Wildman–Crippen MR) is 86.0 cm³/mol. The average molecular weight is 345 g/mol. The number of pyridine rings is 1. The number of hydrogen-bond donors (Lipinski definition) is 1. The van der Waals surface area contributed by atoms with E-state index < -0.39 is 15.8 Å². The maximum atomic E-state index is 14.6. The van der Waals surface area contributed by atoms with Gasteiger partial charge in [-0.25, -0.2) is 16.8 Å². The van der Waals surface area contributed by atoms with Gasteiger partial charge in [0.25, 0.3) is 10.0 Å². The average Bonchev–Trinajstić information content (AvgIpc) is 3.08. The molecule has 0 atom stereocenters. The standard InChI is InChI=1S/C16H12FN3O3S/c17-16-12(10-19-21)4-1-6-14(16)15-7-3-9-20(15)24(22,23)13-5-2-8-18-11-13/h1-11,21H. The molecule has 1 aromatic carbocycles. The fourth-order valence-electron chi connectivity index (χ4n) is 2.31. The molecule has 3 rings (SSSR count). The molecule has 2 heterocycles. The first-order valence-electron chi connectivity index (χ1n) is 6.85. The van der Waals surface area contributed by atoms with E-state index in [0.717, 1.165) is 10.2 Å². The first-order chi connectivity index (χ1) is 11.6. The second-order valence-electron chi connectivity index (χ2n) is 4.84. The number of aromatic nitrogens is 2. The molecule has 0 amide bonds. The third kappa shape index (κ3) is 2.67. The molecule has 122 valence electrons. The van der Waals surface area contributed by atoms with E-state index in [2.05, 4.69) is 10.1 Å². The Kier molecular flexibility index (Phi) is 4.13. The molecule has 24 heavy (non-hydrogen) atoms. The number of halogens is 1. The van der Waals surface area contributed by atoms with Gasteiger partial charge in [0.15, 0.2) is 0 Å². The third-order valence-electron chi connectivity index (χ3n) is 3.41. The van der Waals surface area contributed by atoms with Crippen molar-refractivity contribution in [2.45, 2.75) is 4.90 Å². The SMILES string of the molecule is O=S(=O)(c1cccnc1)n1cccc1-c1cccc(C=NO)c1F. The highest BCUT2D eigenvalue weighted by Gasteiger charge is 2.22. The van der Waals surface area contributed by atoms with Crippen LogP contribution in [0.3, 0.4) is 0 Å². The second-order valence-corrected chi connectivity index (χ2v) is 6.65. The van der Waals surface area contributed by atoms with Gasteiger partial charge in [0.2, 0.25) is 0 Å². The van der Waals surface area contributed by atoms with E-state index in [0.29, 0.717) is 0 Å². The Hall–Kier alpha value is -3.00. The van der Waals surface area contributed by atoms with Gasteiger partial charge in [-0.05, 0) is 30.3 Å². The van der Waals surface area contributed by atoms with Crippen LogP contribution in [0, 0.1) is 5.82 Å². The Morgan fingerprint density at radius 3 is 2.71 bits per heavy atom. The van der Waals surface area contributed by atoms with E-state index in [1.807, 2.05) is 0 Å². The summed E-state index contributed by atoms with van der Waals surface area (Å²) in [5.74, 6) is -0.684. The molecule has 0 fully saturated rings. The van der Waals surface area contributed by atoms with Gasteiger partial charge < -0.3 is 5.21 Å². The first-order valence-corrected chi connectivity index (χ1v) is 8.29. The van der Waals surface area contributed by atoms with Crippen molar-refractivity contribution in [3.8, 4) is 11.3 Å². The minimum Gasteiger partial charge on any atom is -0.411 e. The Morgan fingerprint density at radius 2 is 2.00 bits per heavy atom. The van der Waals surface area contributed by atoms with E-state index in [4.69, 9.17) is 5.21 Å². The maximum absolute atomic E-state index is 14.6. The third-order valence-corrected chi connectivity index (χ3v) is 5.08. The van der Waals surface area contributed by atoms with Crippen molar-refractivity contribution in [3.63, 3.8) is 0 Å². The van der Waals surface area contributed by atoms with Gasteiger partial charge in [-0.15, -0.1) is 0 Å². The molecule has 0 unspecified atom stereocenters. The molecule has 0 bridgehead atoms. The van der Waals surface area contributed by atoms with Gasteiger partial charge >= 0.3 is 0 Å². The molecule has 0 aliphatic heterocycles. The van der Waals surface area contributed by atoms with Crippen LogP contribution in [0.2, 0.25) is 0 Å². The molecular weight excluding hydrogens is 333 g/mol. The lowest BCUT2D eigenvalue weighted by Gasteiger charge is -2.11. The lowest BCUT2D eigenvalue weighted by atomic mass is 10.1. The topological polar surface area (TPSA) is 84.5 Å². The molecule has 2 aromatic heterocycles. The van der Waals surface area contributed by atoms with E-state index >= 15 is 0 Å². The van der Waals surface area contributed by atoms with Crippen LogP contribution >= 0.6 is 0 Å². The lowest BCUT2D eigenvalue weighted by Crippen LogP contribution is -2.13. The molecular formula is C16H12FN3O3S. The molecule has 0 saturated carbocycles. The summed E-state index contributed by atoms with van der Waals surface area (Å²) in [6.07, 6.45) is 4.98. The fourth-order valence-corrected chi connectivity index (χ4v) is 3.63. The number of oxime groups is 1. The fraction of sp³-hybridized carbons (Fsp3) is 0. The molecule has 0 saturated heterocycles. The maximum Gasteiger partial charge on any atom is 0.269 e. The van der Waals surface area contributed by atoms with Crippen LogP contribution in [0.15, 0.2) is 71.1 Å².